The van der Waals surface area contributed by atoms with Crippen LogP contribution < -0.4 is 9.47 Å². The molecular weight excluding hydrogens is 462 g/mol. The van der Waals surface area contributed by atoms with Gasteiger partial charge in [0.2, 0.25) is 0 Å². The Bertz CT molecular complexity index is 1060. The molecular formula is C31H39N3O3. The van der Waals surface area contributed by atoms with Gasteiger partial charge < -0.3 is 14.2 Å². The third kappa shape index (κ3) is 9.86. The normalized spacial score (nSPS) is 11.6. The lowest BCUT2D eigenvalue weighted by Gasteiger charge is -2.10. The number of unbranched alkanes of at least 4 members (excludes halogenated alkanes) is 5. The summed E-state index contributed by atoms with van der Waals surface area (Å²) in [5.74, 6) is 2.15. The lowest BCUT2D eigenvalue weighted by Crippen LogP contribution is -2.12. The minimum Gasteiger partial charge on any atom is -0.491 e. The van der Waals surface area contributed by atoms with E-state index in [1.165, 1.54) is 32.1 Å². The Morgan fingerprint density at radius 3 is 1.95 bits per heavy atom. The van der Waals surface area contributed by atoms with Crippen molar-refractivity contribution >= 4 is 0 Å². The third-order valence-corrected chi connectivity index (χ3v) is 6.22. The molecule has 0 radical (unpaired) electrons. The van der Waals surface area contributed by atoms with Crippen molar-refractivity contribution in [1.29, 1.82) is 5.26 Å². The molecule has 0 saturated carbocycles. The Kier molecular flexibility index (Phi) is 12.4. The minimum absolute atomic E-state index is 0.0506. The van der Waals surface area contributed by atoms with Crippen molar-refractivity contribution in [3.05, 3.63) is 60.9 Å². The maximum absolute atomic E-state index is 8.95. The minimum atomic E-state index is -0.0506. The maximum Gasteiger partial charge on any atom is 0.159 e. The molecule has 3 rings (SSSR count). The van der Waals surface area contributed by atoms with E-state index in [1.807, 2.05) is 43.3 Å². The van der Waals surface area contributed by atoms with Crippen molar-refractivity contribution in [3.8, 4) is 40.1 Å². The smallest absolute Gasteiger partial charge is 0.159 e. The SMILES string of the molecule is CCCCCCCCOc1cnc(-c2ccc(-c3ccc(OCCOC[C@@H](C#N)CC)cc3)cc2)nc1. The lowest BCUT2D eigenvalue weighted by molar-refractivity contribution is 0.0845. The van der Waals surface area contributed by atoms with E-state index in [0.29, 0.717) is 32.3 Å². The van der Waals surface area contributed by atoms with Gasteiger partial charge in [-0.1, -0.05) is 82.3 Å². The van der Waals surface area contributed by atoms with Crippen molar-refractivity contribution in [2.45, 2.75) is 58.8 Å². The summed E-state index contributed by atoms with van der Waals surface area (Å²) in [5, 5.41) is 8.95. The number of hydrogen-bond donors (Lipinski definition) is 0. The monoisotopic (exact) mass is 501 g/mol. The second-order valence-corrected chi connectivity index (χ2v) is 9.12. The number of hydrogen-bond acceptors (Lipinski definition) is 6. The van der Waals surface area contributed by atoms with E-state index in [0.717, 1.165) is 41.0 Å². The van der Waals surface area contributed by atoms with Crippen LogP contribution in [0.1, 0.15) is 58.8 Å². The topological polar surface area (TPSA) is 77.3 Å². The standard InChI is InChI=1S/C31H39N3O3/c1-3-5-6-7-8-9-18-36-30-22-33-31(34-23-30)28-12-10-26(11-13-28)27-14-16-29(17-15-27)37-20-19-35-24-25(4-2)21-32/h10-17,22-23,25H,3-9,18-20,24H2,1-2H3/t25-/m1/s1. The van der Waals surface area contributed by atoms with Gasteiger partial charge in [0, 0.05) is 5.56 Å². The predicted octanol–water partition coefficient (Wildman–Crippen LogP) is 7.50. The average Bonchev–Trinajstić information content (AvgIpc) is 2.95. The summed E-state index contributed by atoms with van der Waals surface area (Å²) < 4.78 is 17.1. The number of aromatic nitrogens is 2. The van der Waals surface area contributed by atoms with E-state index in [2.05, 4.69) is 35.1 Å². The van der Waals surface area contributed by atoms with E-state index in [4.69, 9.17) is 19.5 Å². The predicted molar refractivity (Wildman–Crippen MR) is 147 cm³/mol. The van der Waals surface area contributed by atoms with Crippen LogP contribution in [0.3, 0.4) is 0 Å². The lowest BCUT2D eigenvalue weighted by atomic mass is 10.0. The average molecular weight is 502 g/mol. The highest BCUT2D eigenvalue weighted by Gasteiger charge is 2.06. The van der Waals surface area contributed by atoms with E-state index < -0.39 is 0 Å². The summed E-state index contributed by atoms with van der Waals surface area (Å²) in [5.41, 5.74) is 3.18. The molecule has 6 nitrogen and oxygen atoms in total. The highest BCUT2D eigenvalue weighted by molar-refractivity contribution is 5.68. The van der Waals surface area contributed by atoms with Crippen molar-refractivity contribution in [3.63, 3.8) is 0 Å². The zero-order valence-corrected chi connectivity index (χ0v) is 22.2. The zero-order chi connectivity index (χ0) is 26.1. The summed E-state index contributed by atoms with van der Waals surface area (Å²) in [6, 6.07) is 18.5. The summed E-state index contributed by atoms with van der Waals surface area (Å²) in [4.78, 5) is 8.97. The first-order valence-corrected chi connectivity index (χ1v) is 13.5. The first kappa shape index (κ1) is 28.1. The van der Waals surface area contributed by atoms with E-state index >= 15 is 0 Å². The molecule has 1 heterocycles. The Balaban J connectivity index is 1.42. The van der Waals surface area contributed by atoms with Crippen LogP contribution in [-0.2, 0) is 4.74 Å². The highest BCUT2D eigenvalue weighted by Crippen LogP contribution is 2.25. The number of nitrogens with zero attached hydrogens (tertiary/aromatic N) is 3. The summed E-state index contributed by atoms with van der Waals surface area (Å²) in [6.07, 6.45) is 11.8. The summed E-state index contributed by atoms with van der Waals surface area (Å²) in [7, 11) is 0. The second-order valence-electron chi connectivity index (χ2n) is 9.12. The molecule has 1 atom stereocenters. The van der Waals surface area contributed by atoms with Gasteiger partial charge in [-0.15, -0.1) is 0 Å². The molecule has 0 aliphatic rings. The molecule has 6 heteroatoms. The molecule has 0 fully saturated rings. The Labute approximate surface area is 221 Å². The van der Waals surface area contributed by atoms with Gasteiger partial charge in [-0.05, 0) is 36.1 Å². The molecule has 0 saturated heterocycles. The van der Waals surface area contributed by atoms with Crippen molar-refractivity contribution in [1.82, 2.24) is 9.97 Å². The first-order valence-electron chi connectivity index (χ1n) is 13.5. The van der Waals surface area contributed by atoms with Gasteiger partial charge in [-0.25, -0.2) is 9.97 Å². The maximum atomic E-state index is 8.95. The van der Waals surface area contributed by atoms with Crippen LogP contribution >= 0.6 is 0 Å². The van der Waals surface area contributed by atoms with Crippen LogP contribution in [-0.4, -0.2) is 36.4 Å². The van der Waals surface area contributed by atoms with Crippen LogP contribution in [0, 0.1) is 17.2 Å². The molecule has 196 valence electrons. The van der Waals surface area contributed by atoms with Crippen molar-refractivity contribution < 1.29 is 14.2 Å². The van der Waals surface area contributed by atoms with Crippen LogP contribution in [0.2, 0.25) is 0 Å². The molecule has 0 aliphatic carbocycles. The third-order valence-electron chi connectivity index (χ3n) is 6.22. The Morgan fingerprint density at radius 2 is 1.30 bits per heavy atom. The zero-order valence-electron chi connectivity index (χ0n) is 22.2. The molecule has 0 bridgehead atoms. The number of nitriles is 1. The largest absolute Gasteiger partial charge is 0.491 e. The van der Waals surface area contributed by atoms with E-state index in [9.17, 15) is 0 Å². The summed E-state index contributed by atoms with van der Waals surface area (Å²) >= 11 is 0. The van der Waals surface area contributed by atoms with Gasteiger partial charge in [0.1, 0.15) is 12.4 Å². The Morgan fingerprint density at radius 1 is 0.703 bits per heavy atom. The summed E-state index contributed by atoms with van der Waals surface area (Å²) in [6.45, 7) is 6.31. The molecule has 2 aromatic carbocycles. The van der Waals surface area contributed by atoms with Crippen molar-refractivity contribution in [2.24, 2.45) is 5.92 Å². The fourth-order valence-electron chi connectivity index (χ4n) is 3.86. The van der Waals surface area contributed by atoms with Crippen LogP contribution in [0.25, 0.3) is 22.5 Å². The Hall–Kier alpha value is -3.43. The van der Waals surface area contributed by atoms with Crippen LogP contribution in [0.15, 0.2) is 60.9 Å². The number of benzene rings is 2. The van der Waals surface area contributed by atoms with Gasteiger partial charge in [0.25, 0.3) is 0 Å². The van der Waals surface area contributed by atoms with Gasteiger partial charge in [-0.3, -0.25) is 0 Å². The van der Waals surface area contributed by atoms with Gasteiger partial charge in [0.05, 0.1) is 44.2 Å². The van der Waals surface area contributed by atoms with Gasteiger partial charge in [-0.2, -0.15) is 5.26 Å². The number of rotatable bonds is 17. The molecule has 0 spiro atoms. The molecule has 0 amide bonds. The fraction of sp³-hybridized carbons (Fsp3) is 0.452. The van der Waals surface area contributed by atoms with E-state index in [-0.39, 0.29) is 5.92 Å². The van der Waals surface area contributed by atoms with Gasteiger partial charge in [0.15, 0.2) is 11.6 Å². The second kappa shape index (κ2) is 16.3. The molecule has 0 unspecified atom stereocenters. The fourth-order valence-corrected chi connectivity index (χ4v) is 3.86. The quantitative estimate of drug-likeness (QED) is 0.178. The highest BCUT2D eigenvalue weighted by atomic mass is 16.5. The van der Waals surface area contributed by atoms with E-state index in [1.54, 1.807) is 12.4 Å². The van der Waals surface area contributed by atoms with Crippen molar-refractivity contribution in [2.75, 3.05) is 26.4 Å². The number of ether oxygens (including phenoxy) is 3. The molecule has 37 heavy (non-hydrogen) atoms. The van der Waals surface area contributed by atoms with Crippen LogP contribution in [0.5, 0.6) is 11.5 Å². The first-order chi connectivity index (χ1) is 18.2. The molecule has 0 N–H and O–H groups in total. The molecule has 3 aromatic rings. The molecule has 0 aliphatic heterocycles. The molecule has 1 aromatic heterocycles. The van der Waals surface area contributed by atoms with Crippen LogP contribution in [0.4, 0.5) is 0 Å². The van der Waals surface area contributed by atoms with Gasteiger partial charge >= 0.3 is 0 Å².